The van der Waals surface area contributed by atoms with Gasteiger partial charge in [0.1, 0.15) is 5.75 Å². The summed E-state index contributed by atoms with van der Waals surface area (Å²) < 4.78 is 6.16. The van der Waals surface area contributed by atoms with E-state index < -0.39 is 0 Å². The SMILES string of the molecule is COc1cccc(Nc2nnc(S[C@@H]3CC[C@H](C#N)C3)s2)c1. The number of benzene rings is 1. The largest absolute Gasteiger partial charge is 0.497 e. The van der Waals surface area contributed by atoms with Crippen LogP contribution in [0, 0.1) is 17.2 Å². The van der Waals surface area contributed by atoms with E-state index in [9.17, 15) is 0 Å². The Bertz CT molecular complexity index is 682. The topological polar surface area (TPSA) is 70.8 Å². The van der Waals surface area contributed by atoms with E-state index in [4.69, 9.17) is 10.00 Å². The van der Waals surface area contributed by atoms with Gasteiger partial charge >= 0.3 is 0 Å². The Morgan fingerprint density at radius 1 is 1.41 bits per heavy atom. The summed E-state index contributed by atoms with van der Waals surface area (Å²) in [6.07, 6.45) is 3.04. The highest BCUT2D eigenvalue weighted by atomic mass is 32.2. The predicted molar refractivity (Wildman–Crippen MR) is 88.8 cm³/mol. The lowest BCUT2D eigenvalue weighted by molar-refractivity contribution is 0.415. The Morgan fingerprint density at radius 2 is 2.32 bits per heavy atom. The van der Waals surface area contributed by atoms with Crippen LogP contribution in [0.25, 0.3) is 0 Å². The summed E-state index contributed by atoms with van der Waals surface area (Å²) in [6.45, 7) is 0. The van der Waals surface area contributed by atoms with Crippen molar-refractivity contribution in [2.45, 2.75) is 28.9 Å². The Labute approximate surface area is 137 Å². The smallest absolute Gasteiger partial charge is 0.210 e. The molecule has 1 N–H and O–H groups in total. The van der Waals surface area contributed by atoms with Crippen LogP contribution < -0.4 is 10.1 Å². The van der Waals surface area contributed by atoms with Gasteiger partial charge in [-0.05, 0) is 31.4 Å². The summed E-state index contributed by atoms with van der Waals surface area (Å²) in [7, 11) is 1.65. The van der Waals surface area contributed by atoms with E-state index in [2.05, 4.69) is 21.6 Å². The fourth-order valence-electron chi connectivity index (χ4n) is 2.44. The molecule has 1 heterocycles. The zero-order valence-corrected chi connectivity index (χ0v) is 13.8. The first-order valence-corrected chi connectivity index (χ1v) is 8.77. The minimum absolute atomic E-state index is 0.208. The van der Waals surface area contributed by atoms with Crippen molar-refractivity contribution in [3.63, 3.8) is 0 Å². The van der Waals surface area contributed by atoms with Gasteiger partial charge in [0, 0.05) is 22.9 Å². The third-order valence-corrected chi connectivity index (χ3v) is 5.78. The highest BCUT2D eigenvalue weighted by Gasteiger charge is 2.26. The maximum atomic E-state index is 8.96. The first kappa shape index (κ1) is 15.1. The van der Waals surface area contributed by atoms with Crippen molar-refractivity contribution in [1.29, 1.82) is 5.26 Å². The Kier molecular flexibility index (Phi) is 4.80. The van der Waals surface area contributed by atoms with Crippen LogP contribution in [0.5, 0.6) is 5.75 Å². The van der Waals surface area contributed by atoms with Crippen LogP contribution in [-0.4, -0.2) is 22.6 Å². The maximum absolute atomic E-state index is 8.96. The van der Waals surface area contributed by atoms with Gasteiger partial charge in [-0.1, -0.05) is 29.2 Å². The molecule has 22 heavy (non-hydrogen) atoms. The normalized spacial score (nSPS) is 20.5. The molecular weight excluding hydrogens is 316 g/mol. The first-order valence-electron chi connectivity index (χ1n) is 7.07. The Hall–Kier alpha value is -1.78. The van der Waals surface area contributed by atoms with Gasteiger partial charge in [-0.15, -0.1) is 10.2 Å². The van der Waals surface area contributed by atoms with Crippen LogP contribution in [0.3, 0.4) is 0 Å². The number of anilines is 2. The Balaban J connectivity index is 1.60. The molecule has 5 nitrogen and oxygen atoms in total. The molecule has 114 valence electrons. The second kappa shape index (κ2) is 6.99. The van der Waals surface area contributed by atoms with Gasteiger partial charge in [0.05, 0.1) is 13.2 Å². The highest BCUT2D eigenvalue weighted by molar-refractivity contribution is 8.01. The summed E-state index contributed by atoms with van der Waals surface area (Å²) in [5.41, 5.74) is 0.928. The van der Waals surface area contributed by atoms with E-state index in [0.29, 0.717) is 5.25 Å². The number of aromatic nitrogens is 2. The molecular formula is C15H16N4OS2. The number of hydrogen-bond donors (Lipinski definition) is 1. The van der Waals surface area contributed by atoms with Crippen LogP contribution in [0.4, 0.5) is 10.8 Å². The fraction of sp³-hybridized carbons (Fsp3) is 0.400. The van der Waals surface area contributed by atoms with Crippen LogP contribution >= 0.6 is 23.1 Å². The minimum Gasteiger partial charge on any atom is -0.497 e. The lowest BCUT2D eigenvalue weighted by Gasteiger charge is -2.05. The zero-order valence-electron chi connectivity index (χ0n) is 12.2. The molecule has 1 saturated carbocycles. The van der Waals surface area contributed by atoms with Crippen molar-refractivity contribution < 1.29 is 4.74 Å². The molecule has 1 aromatic carbocycles. The van der Waals surface area contributed by atoms with E-state index >= 15 is 0 Å². The van der Waals surface area contributed by atoms with Crippen LogP contribution in [-0.2, 0) is 0 Å². The molecule has 1 fully saturated rings. The van der Waals surface area contributed by atoms with Crippen LogP contribution in [0.2, 0.25) is 0 Å². The second-order valence-corrected chi connectivity index (χ2v) is 7.63. The number of hydrogen-bond acceptors (Lipinski definition) is 7. The van der Waals surface area contributed by atoms with Crippen LogP contribution in [0.1, 0.15) is 19.3 Å². The van der Waals surface area contributed by atoms with Gasteiger partial charge in [0.15, 0.2) is 4.34 Å². The molecule has 1 aliphatic carbocycles. The number of thioether (sulfide) groups is 1. The quantitative estimate of drug-likeness (QED) is 0.890. The Morgan fingerprint density at radius 3 is 3.09 bits per heavy atom. The second-order valence-electron chi connectivity index (χ2n) is 5.11. The number of rotatable bonds is 5. The van der Waals surface area contributed by atoms with Crippen molar-refractivity contribution in [3.05, 3.63) is 24.3 Å². The van der Waals surface area contributed by atoms with Crippen molar-refractivity contribution in [3.8, 4) is 11.8 Å². The van der Waals surface area contributed by atoms with Gasteiger partial charge in [-0.2, -0.15) is 5.26 Å². The molecule has 0 radical (unpaired) electrons. The summed E-state index contributed by atoms with van der Waals surface area (Å²) in [6, 6.07) is 10.1. The van der Waals surface area contributed by atoms with E-state index in [1.807, 2.05) is 24.3 Å². The molecule has 0 spiro atoms. The van der Waals surface area contributed by atoms with E-state index in [-0.39, 0.29) is 5.92 Å². The average Bonchev–Trinajstić information content (AvgIpc) is 3.17. The fourth-order valence-corrected chi connectivity index (χ4v) is 4.73. The van der Waals surface area contributed by atoms with Gasteiger partial charge in [-0.3, -0.25) is 0 Å². The maximum Gasteiger partial charge on any atom is 0.210 e. The number of methoxy groups -OCH3 is 1. The standard InChI is InChI=1S/C15H16N4OS2/c1-20-12-4-2-3-11(8-12)17-14-18-19-15(22-14)21-13-6-5-10(7-13)9-16/h2-4,8,10,13H,5-7H2,1H3,(H,17,18)/t10-,13+/m0/s1. The van der Waals surface area contributed by atoms with Crippen molar-refractivity contribution >= 4 is 33.9 Å². The molecule has 0 bridgehead atoms. The molecule has 2 aromatic rings. The van der Waals surface area contributed by atoms with Crippen molar-refractivity contribution in [2.75, 3.05) is 12.4 Å². The van der Waals surface area contributed by atoms with Gasteiger partial charge in [0.2, 0.25) is 5.13 Å². The summed E-state index contributed by atoms with van der Waals surface area (Å²) in [5.74, 6) is 1.01. The molecule has 2 atom stereocenters. The highest BCUT2D eigenvalue weighted by Crippen LogP contribution is 2.39. The van der Waals surface area contributed by atoms with Gasteiger partial charge in [0.25, 0.3) is 0 Å². The van der Waals surface area contributed by atoms with Gasteiger partial charge < -0.3 is 10.1 Å². The third-order valence-electron chi connectivity index (χ3n) is 3.56. The lowest BCUT2D eigenvalue weighted by atomic mass is 10.1. The monoisotopic (exact) mass is 332 g/mol. The first-order chi connectivity index (χ1) is 10.8. The zero-order chi connectivity index (χ0) is 15.4. The predicted octanol–water partition coefficient (Wildman–Crippen LogP) is 4.07. The summed E-state index contributed by atoms with van der Waals surface area (Å²) >= 11 is 3.28. The molecule has 1 aromatic heterocycles. The van der Waals surface area contributed by atoms with Crippen molar-refractivity contribution in [2.24, 2.45) is 5.92 Å². The molecule has 3 rings (SSSR count). The molecule has 0 unspecified atom stereocenters. The molecule has 0 aliphatic heterocycles. The van der Waals surface area contributed by atoms with E-state index in [1.54, 1.807) is 30.2 Å². The minimum atomic E-state index is 0.208. The summed E-state index contributed by atoms with van der Waals surface area (Å²) in [5, 5.41) is 21.9. The average molecular weight is 332 g/mol. The molecule has 0 saturated heterocycles. The molecule has 0 amide bonds. The summed E-state index contributed by atoms with van der Waals surface area (Å²) in [4.78, 5) is 0. The van der Waals surface area contributed by atoms with Crippen molar-refractivity contribution in [1.82, 2.24) is 10.2 Å². The lowest BCUT2D eigenvalue weighted by Crippen LogP contribution is -1.95. The van der Waals surface area contributed by atoms with Crippen LogP contribution in [0.15, 0.2) is 28.6 Å². The number of ether oxygens (including phenoxy) is 1. The number of nitrogens with zero attached hydrogens (tertiary/aromatic N) is 3. The molecule has 7 heteroatoms. The molecule has 1 aliphatic rings. The number of nitrogens with one attached hydrogen (secondary N) is 1. The van der Waals surface area contributed by atoms with E-state index in [1.165, 1.54) is 0 Å². The van der Waals surface area contributed by atoms with Gasteiger partial charge in [-0.25, -0.2) is 0 Å². The third kappa shape index (κ3) is 3.70. The van der Waals surface area contributed by atoms with E-state index in [0.717, 1.165) is 40.2 Å². The number of nitriles is 1.